The summed E-state index contributed by atoms with van der Waals surface area (Å²) in [6.45, 7) is 3.38. The number of alkyl halides is 3. The van der Waals surface area contributed by atoms with Crippen LogP contribution in [0.15, 0.2) is 48.5 Å². The molecular weight excluding hydrogens is 419 g/mol. The van der Waals surface area contributed by atoms with Crippen molar-refractivity contribution >= 4 is 29.1 Å². The second kappa shape index (κ2) is 9.06. The van der Waals surface area contributed by atoms with Gasteiger partial charge in [-0.1, -0.05) is 29.8 Å². The second-order valence-corrected chi connectivity index (χ2v) is 7.48. The van der Waals surface area contributed by atoms with Gasteiger partial charge in [0.1, 0.15) is 0 Å². The van der Waals surface area contributed by atoms with E-state index in [-0.39, 0.29) is 16.6 Å². The smallest absolute Gasteiger partial charge is 0.336 e. The molecule has 2 amide bonds. The molecule has 1 saturated heterocycles. The molecule has 1 fully saturated rings. The molecule has 1 atom stereocenters. The van der Waals surface area contributed by atoms with E-state index in [2.05, 4.69) is 5.32 Å². The molecule has 2 aromatic carbocycles. The highest BCUT2D eigenvalue weighted by Gasteiger charge is 2.35. The maximum absolute atomic E-state index is 13.2. The molecule has 1 aliphatic heterocycles. The zero-order chi connectivity index (χ0) is 21.9. The molecule has 5 nitrogen and oxygen atoms in total. The number of benzene rings is 2. The van der Waals surface area contributed by atoms with Crippen molar-refractivity contribution in [3.05, 3.63) is 64.7 Å². The third kappa shape index (κ3) is 5.12. The zero-order valence-corrected chi connectivity index (χ0v) is 17.0. The van der Waals surface area contributed by atoms with Gasteiger partial charge in [0.2, 0.25) is 5.91 Å². The Hall–Kier alpha value is -2.58. The van der Waals surface area contributed by atoms with Gasteiger partial charge in [-0.2, -0.15) is 13.2 Å². The molecule has 0 aromatic heterocycles. The Morgan fingerprint density at radius 1 is 1.03 bits per heavy atom. The lowest BCUT2D eigenvalue weighted by Gasteiger charge is -2.37. The minimum Gasteiger partial charge on any atom is -0.336 e. The summed E-state index contributed by atoms with van der Waals surface area (Å²) >= 11 is 5.67. The summed E-state index contributed by atoms with van der Waals surface area (Å²) in [4.78, 5) is 28.6. The van der Waals surface area contributed by atoms with Crippen molar-refractivity contribution in [1.82, 2.24) is 9.80 Å². The Bertz CT molecular complexity index is 913. The largest absolute Gasteiger partial charge is 0.418 e. The van der Waals surface area contributed by atoms with Crippen molar-refractivity contribution in [2.24, 2.45) is 0 Å². The molecule has 1 aliphatic rings. The fraction of sp³-hybridized carbons (Fsp3) is 0.333. The Kier molecular flexibility index (Phi) is 6.67. The van der Waals surface area contributed by atoms with Crippen molar-refractivity contribution in [2.75, 3.05) is 31.5 Å². The Morgan fingerprint density at radius 2 is 1.67 bits per heavy atom. The Morgan fingerprint density at radius 3 is 2.27 bits per heavy atom. The van der Waals surface area contributed by atoms with Crippen LogP contribution in [0.5, 0.6) is 0 Å². The van der Waals surface area contributed by atoms with Gasteiger partial charge in [0.15, 0.2) is 0 Å². The van der Waals surface area contributed by atoms with Gasteiger partial charge in [0, 0.05) is 36.8 Å². The lowest BCUT2D eigenvalue weighted by atomic mass is 10.1. The second-order valence-electron chi connectivity index (χ2n) is 7.05. The first-order chi connectivity index (χ1) is 14.2. The number of nitrogens with zero attached hydrogens (tertiary/aromatic N) is 2. The molecular formula is C21H21ClF3N3O2. The SMILES string of the molecule is CC(C(=O)Nc1ccc(Cl)cc1C(F)(F)F)N1CCN(C(=O)c2ccccc2)CC1. The molecule has 1 N–H and O–H groups in total. The summed E-state index contributed by atoms with van der Waals surface area (Å²) in [5.74, 6) is -0.631. The lowest BCUT2D eigenvalue weighted by molar-refractivity contribution is -0.137. The predicted octanol–water partition coefficient (Wildman–Crippen LogP) is 4.14. The lowest BCUT2D eigenvalue weighted by Crippen LogP contribution is -2.54. The van der Waals surface area contributed by atoms with Crippen LogP contribution in [0.4, 0.5) is 18.9 Å². The summed E-state index contributed by atoms with van der Waals surface area (Å²) in [6, 6.07) is 11.5. The Balaban J connectivity index is 1.61. The average molecular weight is 440 g/mol. The van der Waals surface area contributed by atoms with E-state index in [1.165, 1.54) is 6.07 Å². The molecule has 1 unspecified atom stereocenters. The summed E-state index contributed by atoms with van der Waals surface area (Å²) in [5.41, 5.74) is -0.727. The predicted molar refractivity (Wildman–Crippen MR) is 108 cm³/mol. The highest BCUT2D eigenvalue weighted by atomic mass is 35.5. The maximum Gasteiger partial charge on any atom is 0.418 e. The van der Waals surface area contributed by atoms with E-state index in [4.69, 9.17) is 11.6 Å². The standard InChI is InChI=1S/C21H21ClF3N3O2/c1-14(19(29)26-18-8-7-16(22)13-17(18)21(23,24)25)27-9-11-28(12-10-27)20(30)15-5-3-2-4-6-15/h2-8,13-14H,9-12H2,1H3,(H,26,29). The normalized spacial score (nSPS) is 16.2. The number of piperazine rings is 1. The Labute approximate surface area is 177 Å². The van der Waals surface area contributed by atoms with Crippen LogP contribution in [-0.2, 0) is 11.0 Å². The van der Waals surface area contributed by atoms with Gasteiger partial charge in [-0.25, -0.2) is 0 Å². The number of hydrogen-bond donors (Lipinski definition) is 1. The monoisotopic (exact) mass is 439 g/mol. The highest BCUT2D eigenvalue weighted by Crippen LogP contribution is 2.36. The maximum atomic E-state index is 13.2. The minimum absolute atomic E-state index is 0.0624. The van der Waals surface area contributed by atoms with Crippen LogP contribution >= 0.6 is 11.6 Å². The van der Waals surface area contributed by atoms with Gasteiger partial charge in [-0.05, 0) is 37.3 Å². The molecule has 160 valence electrons. The van der Waals surface area contributed by atoms with E-state index in [0.29, 0.717) is 31.7 Å². The van der Waals surface area contributed by atoms with Crippen molar-refractivity contribution in [3.8, 4) is 0 Å². The van der Waals surface area contributed by atoms with Crippen molar-refractivity contribution in [3.63, 3.8) is 0 Å². The molecule has 3 rings (SSSR count). The summed E-state index contributed by atoms with van der Waals surface area (Å²) in [6.07, 6.45) is -4.64. The third-order valence-electron chi connectivity index (χ3n) is 5.09. The van der Waals surface area contributed by atoms with Gasteiger partial charge in [0.25, 0.3) is 5.91 Å². The topological polar surface area (TPSA) is 52.7 Å². The highest BCUT2D eigenvalue weighted by molar-refractivity contribution is 6.30. The van der Waals surface area contributed by atoms with Gasteiger partial charge in [0.05, 0.1) is 17.3 Å². The van der Waals surface area contributed by atoms with Gasteiger partial charge in [-0.15, -0.1) is 0 Å². The van der Waals surface area contributed by atoms with Crippen LogP contribution in [0.3, 0.4) is 0 Å². The summed E-state index contributed by atoms with van der Waals surface area (Å²) in [5, 5.41) is 2.30. The number of rotatable bonds is 4. The van der Waals surface area contributed by atoms with E-state index in [0.717, 1.165) is 12.1 Å². The number of amides is 2. The quantitative estimate of drug-likeness (QED) is 0.779. The fourth-order valence-corrected chi connectivity index (χ4v) is 3.51. The molecule has 0 aliphatic carbocycles. The molecule has 2 aromatic rings. The minimum atomic E-state index is -4.64. The third-order valence-corrected chi connectivity index (χ3v) is 5.33. The summed E-state index contributed by atoms with van der Waals surface area (Å²) < 4.78 is 39.7. The van der Waals surface area contributed by atoms with Crippen molar-refractivity contribution < 1.29 is 22.8 Å². The summed E-state index contributed by atoms with van der Waals surface area (Å²) in [7, 11) is 0. The van der Waals surface area contributed by atoms with E-state index in [1.54, 1.807) is 36.1 Å². The van der Waals surface area contributed by atoms with E-state index >= 15 is 0 Å². The van der Waals surface area contributed by atoms with Gasteiger partial charge < -0.3 is 10.2 Å². The van der Waals surface area contributed by atoms with Crippen molar-refractivity contribution in [1.29, 1.82) is 0 Å². The van der Waals surface area contributed by atoms with Crippen LogP contribution < -0.4 is 5.32 Å². The first kappa shape index (κ1) is 22.1. The van der Waals surface area contributed by atoms with E-state index in [1.807, 2.05) is 11.0 Å². The number of anilines is 1. The van der Waals surface area contributed by atoms with E-state index in [9.17, 15) is 22.8 Å². The molecule has 0 bridgehead atoms. The number of carbonyl (C=O) groups is 2. The van der Waals surface area contributed by atoms with Crippen LogP contribution in [-0.4, -0.2) is 53.8 Å². The van der Waals surface area contributed by atoms with Crippen molar-refractivity contribution in [2.45, 2.75) is 19.1 Å². The molecule has 0 spiro atoms. The first-order valence-electron chi connectivity index (χ1n) is 9.43. The molecule has 0 radical (unpaired) electrons. The number of halogens is 4. The fourth-order valence-electron chi connectivity index (χ4n) is 3.34. The molecule has 30 heavy (non-hydrogen) atoms. The molecule has 9 heteroatoms. The first-order valence-corrected chi connectivity index (χ1v) is 9.80. The van der Waals surface area contributed by atoms with Gasteiger partial charge in [-0.3, -0.25) is 14.5 Å². The van der Waals surface area contributed by atoms with Crippen LogP contribution in [0.2, 0.25) is 5.02 Å². The van der Waals surface area contributed by atoms with Crippen LogP contribution in [0.1, 0.15) is 22.8 Å². The van der Waals surface area contributed by atoms with Crippen LogP contribution in [0, 0.1) is 0 Å². The molecule has 1 heterocycles. The zero-order valence-electron chi connectivity index (χ0n) is 16.2. The number of nitrogens with one attached hydrogen (secondary N) is 1. The molecule has 0 saturated carbocycles. The van der Waals surface area contributed by atoms with Crippen LogP contribution in [0.25, 0.3) is 0 Å². The van der Waals surface area contributed by atoms with Gasteiger partial charge >= 0.3 is 6.18 Å². The number of hydrogen-bond acceptors (Lipinski definition) is 3. The average Bonchev–Trinajstić information content (AvgIpc) is 2.74. The number of carbonyl (C=O) groups excluding carboxylic acids is 2. The van der Waals surface area contributed by atoms with E-state index < -0.39 is 23.7 Å².